The Kier molecular flexibility index (Phi) is 3.85. The van der Waals surface area contributed by atoms with E-state index in [0.717, 1.165) is 38.3 Å². The Labute approximate surface area is 98.4 Å². The number of hydrogen-bond donors (Lipinski definition) is 1. The van der Waals surface area contributed by atoms with E-state index in [-0.39, 0.29) is 12.0 Å². The first kappa shape index (κ1) is 11.9. The molecule has 0 aromatic carbocycles. The largest absolute Gasteiger partial charge is 0.342 e. The zero-order valence-electron chi connectivity index (χ0n) is 10.3. The van der Waals surface area contributed by atoms with E-state index in [2.05, 4.69) is 11.8 Å². The van der Waals surface area contributed by atoms with Gasteiger partial charge in [0, 0.05) is 25.0 Å². The Balaban J connectivity index is 1.88. The van der Waals surface area contributed by atoms with Gasteiger partial charge < -0.3 is 10.6 Å². The van der Waals surface area contributed by atoms with Crippen molar-refractivity contribution in [2.75, 3.05) is 13.1 Å². The molecule has 1 heterocycles. The van der Waals surface area contributed by atoms with Crippen LogP contribution in [0.1, 0.15) is 45.4 Å². The predicted molar refractivity (Wildman–Crippen MR) is 64.9 cm³/mol. The first-order chi connectivity index (χ1) is 7.66. The van der Waals surface area contributed by atoms with Crippen molar-refractivity contribution in [3.8, 4) is 0 Å². The molecule has 1 saturated carbocycles. The summed E-state index contributed by atoms with van der Waals surface area (Å²) in [6.45, 7) is 4.22. The molecule has 0 radical (unpaired) electrons. The zero-order valence-corrected chi connectivity index (χ0v) is 10.3. The molecule has 1 aliphatic heterocycles. The summed E-state index contributed by atoms with van der Waals surface area (Å²) >= 11 is 0. The molecule has 2 N–H and O–H groups in total. The van der Waals surface area contributed by atoms with Crippen LogP contribution in [0.4, 0.5) is 0 Å². The highest BCUT2D eigenvalue weighted by Gasteiger charge is 2.31. The molecule has 1 saturated heterocycles. The van der Waals surface area contributed by atoms with Crippen molar-refractivity contribution in [1.82, 2.24) is 4.90 Å². The van der Waals surface area contributed by atoms with Gasteiger partial charge in [-0.3, -0.25) is 4.79 Å². The van der Waals surface area contributed by atoms with Crippen LogP contribution in [-0.4, -0.2) is 29.9 Å². The minimum Gasteiger partial charge on any atom is -0.342 e. The van der Waals surface area contributed by atoms with E-state index in [0.29, 0.717) is 5.91 Å². The van der Waals surface area contributed by atoms with Crippen LogP contribution in [0.25, 0.3) is 0 Å². The summed E-state index contributed by atoms with van der Waals surface area (Å²) in [7, 11) is 0. The van der Waals surface area contributed by atoms with Gasteiger partial charge in [-0.05, 0) is 44.4 Å². The van der Waals surface area contributed by atoms with Crippen LogP contribution in [0.5, 0.6) is 0 Å². The Morgan fingerprint density at radius 1 is 1.19 bits per heavy atom. The lowest BCUT2D eigenvalue weighted by atomic mass is 10.0. The molecule has 1 aliphatic carbocycles. The van der Waals surface area contributed by atoms with E-state index in [9.17, 15) is 4.79 Å². The maximum atomic E-state index is 12.3. The smallest absolute Gasteiger partial charge is 0.225 e. The van der Waals surface area contributed by atoms with Crippen LogP contribution in [0.3, 0.4) is 0 Å². The van der Waals surface area contributed by atoms with Gasteiger partial charge >= 0.3 is 0 Å². The van der Waals surface area contributed by atoms with Gasteiger partial charge in [0.05, 0.1) is 0 Å². The second-order valence-corrected chi connectivity index (χ2v) is 5.63. The van der Waals surface area contributed by atoms with Gasteiger partial charge in [0.1, 0.15) is 0 Å². The van der Waals surface area contributed by atoms with Crippen molar-refractivity contribution in [2.24, 2.45) is 17.6 Å². The van der Waals surface area contributed by atoms with Gasteiger partial charge in [-0.15, -0.1) is 0 Å². The van der Waals surface area contributed by atoms with Crippen LogP contribution >= 0.6 is 0 Å². The molecule has 0 bridgehead atoms. The average molecular weight is 224 g/mol. The second-order valence-electron chi connectivity index (χ2n) is 5.63. The molecule has 0 spiro atoms. The third kappa shape index (κ3) is 2.76. The van der Waals surface area contributed by atoms with Crippen molar-refractivity contribution < 1.29 is 4.79 Å². The third-order valence-electron chi connectivity index (χ3n) is 4.15. The quantitative estimate of drug-likeness (QED) is 0.737. The Morgan fingerprint density at radius 3 is 2.69 bits per heavy atom. The third-order valence-corrected chi connectivity index (χ3v) is 4.15. The van der Waals surface area contributed by atoms with Gasteiger partial charge in [0.15, 0.2) is 0 Å². The Bertz CT molecular complexity index is 254. The fraction of sp³-hybridized carbons (Fsp3) is 0.923. The summed E-state index contributed by atoms with van der Waals surface area (Å²) in [5, 5.41) is 0. The number of amides is 1. The summed E-state index contributed by atoms with van der Waals surface area (Å²) < 4.78 is 0. The number of rotatable bonds is 1. The van der Waals surface area contributed by atoms with Gasteiger partial charge in [-0.1, -0.05) is 6.92 Å². The van der Waals surface area contributed by atoms with Gasteiger partial charge in [-0.2, -0.15) is 0 Å². The molecular weight excluding hydrogens is 200 g/mol. The molecule has 16 heavy (non-hydrogen) atoms. The molecule has 2 aliphatic rings. The molecule has 2 fully saturated rings. The lowest BCUT2D eigenvalue weighted by Gasteiger charge is -2.24. The molecule has 3 heteroatoms. The van der Waals surface area contributed by atoms with Gasteiger partial charge in [0.2, 0.25) is 5.91 Å². The molecule has 0 aromatic rings. The summed E-state index contributed by atoms with van der Waals surface area (Å²) in [6.07, 6.45) is 6.56. The SMILES string of the molecule is CC1CCCN(C(=O)C2CCC(N)C2)CC1. The lowest BCUT2D eigenvalue weighted by Crippen LogP contribution is -2.36. The van der Waals surface area contributed by atoms with Gasteiger partial charge in [0.25, 0.3) is 0 Å². The lowest BCUT2D eigenvalue weighted by molar-refractivity contribution is -0.135. The van der Waals surface area contributed by atoms with Gasteiger partial charge in [-0.25, -0.2) is 0 Å². The van der Waals surface area contributed by atoms with Crippen LogP contribution < -0.4 is 5.73 Å². The maximum Gasteiger partial charge on any atom is 0.225 e. The minimum absolute atomic E-state index is 0.225. The van der Waals surface area contributed by atoms with E-state index in [1.807, 2.05) is 0 Å². The van der Waals surface area contributed by atoms with E-state index in [4.69, 9.17) is 5.73 Å². The highest BCUT2D eigenvalue weighted by molar-refractivity contribution is 5.79. The summed E-state index contributed by atoms with van der Waals surface area (Å²) in [4.78, 5) is 14.4. The van der Waals surface area contributed by atoms with Crippen molar-refractivity contribution >= 4 is 5.91 Å². The molecule has 3 unspecified atom stereocenters. The number of carbonyl (C=O) groups excluding carboxylic acids is 1. The average Bonchev–Trinajstić information content (AvgIpc) is 2.57. The Hall–Kier alpha value is -0.570. The van der Waals surface area contributed by atoms with E-state index in [1.165, 1.54) is 19.3 Å². The Morgan fingerprint density at radius 2 is 2.00 bits per heavy atom. The fourth-order valence-corrected chi connectivity index (χ4v) is 2.98. The van der Waals surface area contributed by atoms with Crippen molar-refractivity contribution in [3.05, 3.63) is 0 Å². The molecule has 2 rings (SSSR count). The number of nitrogens with two attached hydrogens (primary N) is 1. The normalized spacial score (nSPS) is 36.1. The summed E-state index contributed by atoms with van der Waals surface area (Å²) in [6, 6.07) is 0.264. The fourth-order valence-electron chi connectivity index (χ4n) is 2.98. The van der Waals surface area contributed by atoms with E-state index >= 15 is 0 Å². The van der Waals surface area contributed by atoms with E-state index in [1.54, 1.807) is 0 Å². The number of nitrogens with zero attached hydrogens (tertiary/aromatic N) is 1. The van der Waals surface area contributed by atoms with Crippen molar-refractivity contribution in [2.45, 2.75) is 51.5 Å². The zero-order chi connectivity index (χ0) is 11.5. The van der Waals surface area contributed by atoms with Crippen LogP contribution in [0.15, 0.2) is 0 Å². The maximum absolute atomic E-state index is 12.3. The number of hydrogen-bond acceptors (Lipinski definition) is 2. The molecule has 92 valence electrons. The molecule has 3 atom stereocenters. The number of likely N-dealkylation sites (tertiary alicyclic amines) is 1. The molecule has 3 nitrogen and oxygen atoms in total. The van der Waals surface area contributed by atoms with Crippen LogP contribution in [0.2, 0.25) is 0 Å². The highest BCUT2D eigenvalue weighted by Crippen LogP contribution is 2.27. The highest BCUT2D eigenvalue weighted by atomic mass is 16.2. The summed E-state index contributed by atoms with van der Waals surface area (Å²) in [5.74, 6) is 1.38. The van der Waals surface area contributed by atoms with Crippen molar-refractivity contribution in [3.63, 3.8) is 0 Å². The minimum atomic E-state index is 0.225. The first-order valence-corrected chi connectivity index (χ1v) is 6.71. The van der Waals surface area contributed by atoms with E-state index < -0.39 is 0 Å². The monoisotopic (exact) mass is 224 g/mol. The molecular formula is C13H24N2O. The van der Waals surface area contributed by atoms with Crippen molar-refractivity contribution in [1.29, 1.82) is 0 Å². The molecule has 1 amide bonds. The summed E-state index contributed by atoms with van der Waals surface area (Å²) in [5.41, 5.74) is 5.87. The second kappa shape index (κ2) is 5.17. The topological polar surface area (TPSA) is 46.3 Å². The van der Waals surface area contributed by atoms with Crippen LogP contribution in [-0.2, 0) is 4.79 Å². The standard InChI is InChI=1S/C13H24N2O/c1-10-3-2-7-15(8-6-10)13(16)11-4-5-12(14)9-11/h10-12H,2-9,14H2,1H3. The molecule has 0 aromatic heterocycles. The first-order valence-electron chi connectivity index (χ1n) is 6.71. The van der Waals surface area contributed by atoms with Crippen LogP contribution in [0, 0.1) is 11.8 Å². The predicted octanol–water partition coefficient (Wildman–Crippen LogP) is 1.76. The number of carbonyl (C=O) groups is 1.